The third kappa shape index (κ3) is 4.16. The normalized spacial score (nSPS) is 13.4. The topological polar surface area (TPSA) is 56.1 Å². The molecule has 0 unspecified atom stereocenters. The Labute approximate surface area is 143 Å². The summed E-state index contributed by atoms with van der Waals surface area (Å²) in [5.74, 6) is 0.880. The van der Waals surface area contributed by atoms with Crippen LogP contribution >= 0.6 is 0 Å². The fraction of sp³-hybridized carbons (Fsp3) is 0.474. The second-order valence-electron chi connectivity index (χ2n) is 6.15. The Morgan fingerprint density at radius 2 is 2.04 bits per heavy atom. The minimum Gasteiger partial charge on any atom is -0.494 e. The molecule has 1 aromatic heterocycles. The molecular weight excluding hydrogens is 302 g/mol. The van der Waals surface area contributed by atoms with Gasteiger partial charge in [-0.05, 0) is 55.9 Å². The van der Waals surface area contributed by atoms with E-state index in [4.69, 9.17) is 4.74 Å². The van der Waals surface area contributed by atoms with Crippen LogP contribution in [0.4, 0.5) is 0 Å². The van der Waals surface area contributed by atoms with Crippen molar-refractivity contribution in [3.63, 3.8) is 0 Å². The van der Waals surface area contributed by atoms with E-state index in [1.54, 1.807) is 0 Å². The summed E-state index contributed by atoms with van der Waals surface area (Å²) in [5, 5.41) is 7.44. The Bertz CT molecular complexity index is 676. The number of hydrogen-bond acceptors (Lipinski definition) is 3. The molecule has 1 amide bonds. The second kappa shape index (κ2) is 7.99. The average Bonchev–Trinajstić information content (AvgIpc) is 3.00. The minimum absolute atomic E-state index is 0.0418. The van der Waals surface area contributed by atoms with Crippen LogP contribution in [0.1, 0.15) is 36.6 Å². The first-order chi connectivity index (χ1) is 11.8. The van der Waals surface area contributed by atoms with Gasteiger partial charge in [0.15, 0.2) is 0 Å². The van der Waals surface area contributed by atoms with Gasteiger partial charge in [0.1, 0.15) is 5.75 Å². The lowest BCUT2D eigenvalue weighted by molar-refractivity contribution is -0.120. The minimum atomic E-state index is 0.0418. The zero-order chi connectivity index (χ0) is 16.8. The zero-order valence-corrected chi connectivity index (χ0v) is 14.3. The summed E-state index contributed by atoms with van der Waals surface area (Å²) in [5.41, 5.74) is 3.72. The Hall–Kier alpha value is -2.30. The molecule has 0 spiro atoms. The second-order valence-corrected chi connectivity index (χ2v) is 6.15. The Balaban J connectivity index is 1.45. The van der Waals surface area contributed by atoms with Gasteiger partial charge in [-0.3, -0.25) is 9.48 Å². The molecule has 0 fully saturated rings. The summed E-state index contributed by atoms with van der Waals surface area (Å²) in [7, 11) is 0. The number of fused-ring (bicyclic) bond motifs is 1. The molecule has 24 heavy (non-hydrogen) atoms. The summed E-state index contributed by atoms with van der Waals surface area (Å²) in [6, 6.07) is 7.69. The van der Waals surface area contributed by atoms with Crippen molar-refractivity contribution >= 4 is 5.91 Å². The van der Waals surface area contributed by atoms with Crippen LogP contribution in [0.3, 0.4) is 0 Å². The maximum atomic E-state index is 12.1. The number of amides is 1. The standard InChI is InChI=1S/C19H25N3O2/c1-2-24-17-9-7-15(8-10-17)13-19(23)20-11-12-22-18-6-4-3-5-16(18)14-21-22/h7-10,14H,2-6,11-13H2,1H3,(H,20,23). The van der Waals surface area contributed by atoms with E-state index in [0.717, 1.165) is 30.7 Å². The third-order valence-corrected chi connectivity index (χ3v) is 4.39. The maximum absolute atomic E-state index is 12.1. The first kappa shape index (κ1) is 16.6. The number of aryl methyl sites for hydroxylation is 1. The molecule has 5 nitrogen and oxygen atoms in total. The van der Waals surface area contributed by atoms with Gasteiger partial charge in [-0.1, -0.05) is 12.1 Å². The van der Waals surface area contributed by atoms with Gasteiger partial charge in [-0.2, -0.15) is 5.10 Å². The van der Waals surface area contributed by atoms with Gasteiger partial charge in [0.05, 0.1) is 25.8 Å². The first-order valence-corrected chi connectivity index (χ1v) is 8.78. The van der Waals surface area contributed by atoms with Crippen LogP contribution in [0.25, 0.3) is 0 Å². The molecule has 3 rings (SSSR count). The molecule has 1 aliphatic rings. The molecule has 1 aliphatic carbocycles. The van der Waals surface area contributed by atoms with E-state index in [2.05, 4.69) is 10.4 Å². The van der Waals surface area contributed by atoms with E-state index >= 15 is 0 Å². The summed E-state index contributed by atoms with van der Waals surface area (Å²) in [6.07, 6.45) is 7.12. The van der Waals surface area contributed by atoms with Gasteiger partial charge in [0, 0.05) is 12.2 Å². The monoisotopic (exact) mass is 327 g/mol. The van der Waals surface area contributed by atoms with E-state index in [1.165, 1.54) is 24.1 Å². The highest BCUT2D eigenvalue weighted by Gasteiger charge is 2.14. The summed E-state index contributed by atoms with van der Waals surface area (Å²) in [6.45, 7) is 3.96. The Kier molecular flexibility index (Phi) is 5.51. The van der Waals surface area contributed by atoms with Crippen LogP contribution in [0.2, 0.25) is 0 Å². The average molecular weight is 327 g/mol. The van der Waals surface area contributed by atoms with Crippen molar-refractivity contribution in [2.75, 3.05) is 13.2 Å². The molecule has 0 saturated carbocycles. The van der Waals surface area contributed by atoms with E-state index in [1.807, 2.05) is 42.1 Å². The number of aromatic nitrogens is 2. The number of benzene rings is 1. The zero-order valence-electron chi connectivity index (χ0n) is 14.3. The van der Waals surface area contributed by atoms with Crippen LogP contribution < -0.4 is 10.1 Å². The highest BCUT2D eigenvalue weighted by Crippen LogP contribution is 2.20. The highest BCUT2D eigenvalue weighted by molar-refractivity contribution is 5.78. The van der Waals surface area contributed by atoms with Crippen LogP contribution in [0, 0.1) is 0 Å². The van der Waals surface area contributed by atoms with Crippen molar-refractivity contribution in [3.05, 3.63) is 47.3 Å². The van der Waals surface area contributed by atoms with Crippen molar-refractivity contribution in [1.29, 1.82) is 0 Å². The molecule has 1 N–H and O–H groups in total. The Morgan fingerprint density at radius 3 is 2.83 bits per heavy atom. The molecular formula is C19H25N3O2. The van der Waals surface area contributed by atoms with E-state index in [0.29, 0.717) is 19.6 Å². The molecule has 0 aliphatic heterocycles. The third-order valence-electron chi connectivity index (χ3n) is 4.39. The predicted octanol–water partition coefficient (Wildman–Crippen LogP) is 2.52. The lowest BCUT2D eigenvalue weighted by Crippen LogP contribution is -2.29. The lowest BCUT2D eigenvalue weighted by atomic mass is 9.98. The molecule has 1 heterocycles. The number of nitrogens with zero attached hydrogens (tertiary/aromatic N) is 2. The van der Waals surface area contributed by atoms with Crippen molar-refractivity contribution < 1.29 is 9.53 Å². The van der Waals surface area contributed by atoms with Crippen molar-refractivity contribution in [2.24, 2.45) is 0 Å². The number of ether oxygens (including phenoxy) is 1. The van der Waals surface area contributed by atoms with Crippen molar-refractivity contribution in [2.45, 2.75) is 45.6 Å². The van der Waals surface area contributed by atoms with Crippen LogP contribution in [0.15, 0.2) is 30.5 Å². The van der Waals surface area contributed by atoms with Gasteiger partial charge in [-0.25, -0.2) is 0 Å². The highest BCUT2D eigenvalue weighted by atomic mass is 16.5. The molecule has 1 aromatic carbocycles. The summed E-state index contributed by atoms with van der Waals surface area (Å²) >= 11 is 0. The molecule has 5 heteroatoms. The van der Waals surface area contributed by atoms with Gasteiger partial charge >= 0.3 is 0 Å². The number of hydrogen-bond donors (Lipinski definition) is 1. The number of carbonyl (C=O) groups excluding carboxylic acids is 1. The molecule has 0 atom stereocenters. The van der Waals surface area contributed by atoms with Gasteiger partial charge < -0.3 is 10.1 Å². The quantitative estimate of drug-likeness (QED) is 0.850. The van der Waals surface area contributed by atoms with Gasteiger partial charge in [0.25, 0.3) is 0 Å². The molecule has 0 saturated heterocycles. The Morgan fingerprint density at radius 1 is 1.25 bits per heavy atom. The summed E-state index contributed by atoms with van der Waals surface area (Å²) in [4.78, 5) is 12.1. The smallest absolute Gasteiger partial charge is 0.224 e. The van der Waals surface area contributed by atoms with E-state index in [9.17, 15) is 4.79 Å². The van der Waals surface area contributed by atoms with Crippen LogP contribution in [0.5, 0.6) is 5.75 Å². The fourth-order valence-corrected chi connectivity index (χ4v) is 3.17. The fourth-order valence-electron chi connectivity index (χ4n) is 3.17. The van der Waals surface area contributed by atoms with Crippen LogP contribution in [-0.4, -0.2) is 28.8 Å². The number of rotatable bonds is 7. The predicted molar refractivity (Wildman–Crippen MR) is 93.2 cm³/mol. The van der Waals surface area contributed by atoms with Gasteiger partial charge in [-0.15, -0.1) is 0 Å². The van der Waals surface area contributed by atoms with Gasteiger partial charge in [0.2, 0.25) is 5.91 Å². The summed E-state index contributed by atoms with van der Waals surface area (Å²) < 4.78 is 7.45. The maximum Gasteiger partial charge on any atom is 0.224 e. The number of nitrogens with one attached hydrogen (secondary N) is 1. The first-order valence-electron chi connectivity index (χ1n) is 8.78. The van der Waals surface area contributed by atoms with Crippen molar-refractivity contribution in [3.8, 4) is 5.75 Å². The van der Waals surface area contributed by atoms with Crippen molar-refractivity contribution in [1.82, 2.24) is 15.1 Å². The molecule has 0 bridgehead atoms. The van der Waals surface area contributed by atoms with E-state index < -0.39 is 0 Å². The largest absolute Gasteiger partial charge is 0.494 e. The van der Waals surface area contributed by atoms with E-state index in [-0.39, 0.29) is 5.91 Å². The van der Waals surface area contributed by atoms with Crippen LogP contribution in [-0.2, 0) is 30.6 Å². The molecule has 0 radical (unpaired) electrons. The molecule has 128 valence electrons. The molecule has 2 aromatic rings. The number of carbonyl (C=O) groups is 1. The lowest BCUT2D eigenvalue weighted by Gasteiger charge is -2.14. The SMILES string of the molecule is CCOc1ccc(CC(=O)NCCn2ncc3c2CCCC3)cc1.